The van der Waals surface area contributed by atoms with Crippen molar-refractivity contribution < 1.29 is 24.2 Å². The largest absolute Gasteiger partial charge is 0.507 e. The Morgan fingerprint density at radius 2 is 2.09 bits per heavy atom. The molecule has 1 aliphatic rings. The fourth-order valence-electron chi connectivity index (χ4n) is 4.33. The maximum absolute atomic E-state index is 13.1. The number of carbonyl (C=O) groups is 1. The van der Waals surface area contributed by atoms with Crippen LogP contribution in [-0.4, -0.2) is 54.0 Å². The number of fused-ring (bicyclic) bond motifs is 1. The molecular weight excluding hydrogens is 460 g/mol. The number of aliphatic hydroxyl groups excluding tert-OH is 1. The highest BCUT2D eigenvalue weighted by molar-refractivity contribution is 6.33. The van der Waals surface area contributed by atoms with Gasteiger partial charge in [0, 0.05) is 42.3 Å². The molecule has 3 aromatic rings. The smallest absolute Gasteiger partial charge is 0.412 e. The average molecular weight is 487 g/mol. The number of phenols is 1. The van der Waals surface area contributed by atoms with E-state index in [9.17, 15) is 19.8 Å². The summed E-state index contributed by atoms with van der Waals surface area (Å²) < 4.78 is 11.7. The Balaban J connectivity index is 1.96. The van der Waals surface area contributed by atoms with E-state index in [4.69, 9.17) is 20.8 Å². The lowest BCUT2D eigenvalue weighted by Crippen LogP contribution is -2.40. The number of halogens is 1. The van der Waals surface area contributed by atoms with Crippen LogP contribution in [0.15, 0.2) is 45.6 Å². The van der Waals surface area contributed by atoms with Crippen molar-refractivity contribution in [3.8, 4) is 22.8 Å². The van der Waals surface area contributed by atoms with Crippen molar-refractivity contribution in [1.29, 1.82) is 0 Å². The van der Waals surface area contributed by atoms with Crippen molar-refractivity contribution in [2.75, 3.05) is 26.7 Å². The van der Waals surface area contributed by atoms with E-state index in [0.29, 0.717) is 48.6 Å². The standard InChI is InChI=1S/C25H27ClN2O6/c1-3-9-27-25(32)34-21-12-18(30)23-17(29)11-20(14-6-4-5-7-16(14)26)33-24(23)22(21)15-8-10-28(2)13-19(15)31/h4-7,11-12,15,19,30-31H,3,8-10,13H2,1-2H3,(H,27,32)/t15-,19+/m0/s1. The molecular formula is C25H27ClN2O6. The first-order chi connectivity index (χ1) is 16.3. The van der Waals surface area contributed by atoms with Gasteiger partial charge in [0.15, 0.2) is 5.43 Å². The summed E-state index contributed by atoms with van der Waals surface area (Å²) in [5.41, 5.74) is 0.462. The number of carbonyl (C=O) groups excluding carboxylic acids is 1. The van der Waals surface area contributed by atoms with Gasteiger partial charge in [-0.2, -0.15) is 0 Å². The van der Waals surface area contributed by atoms with Crippen LogP contribution in [0.3, 0.4) is 0 Å². The highest BCUT2D eigenvalue weighted by Gasteiger charge is 2.34. The highest BCUT2D eigenvalue weighted by atomic mass is 35.5. The molecule has 2 heterocycles. The second-order valence-electron chi connectivity index (χ2n) is 8.51. The molecule has 4 rings (SSSR count). The molecule has 0 bridgehead atoms. The molecule has 1 aromatic heterocycles. The first-order valence-corrected chi connectivity index (χ1v) is 11.6. The van der Waals surface area contributed by atoms with Crippen LogP contribution in [0, 0.1) is 0 Å². The van der Waals surface area contributed by atoms with Crippen LogP contribution >= 0.6 is 11.6 Å². The van der Waals surface area contributed by atoms with Gasteiger partial charge in [-0.3, -0.25) is 4.79 Å². The van der Waals surface area contributed by atoms with Crippen molar-refractivity contribution in [3.05, 3.63) is 57.2 Å². The third-order valence-corrected chi connectivity index (χ3v) is 6.33. The van der Waals surface area contributed by atoms with E-state index in [2.05, 4.69) is 5.32 Å². The monoisotopic (exact) mass is 486 g/mol. The highest BCUT2D eigenvalue weighted by Crippen LogP contribution is 2.43. The molecule has 8 nitrogen and oxygen atoms in total. The molecule has 1 fully saturated rings. The topological polar surface area (TPSA) is 112 Å². The van der Waals surface area contributed by atoms with Crippen LogP contribution in [0.2, 0.25) is 5.02 Å². The zero-order valence-electron chi connectivity index (χ0n) is 19.0. The molecule has 3 N–H and O–H groups in total. The first kappa shape index (κ1) is 24.1. The first-order valence-electron chi connectivity index (χ1n) is 11.2. The van der Waals surface area contributed by atoms with Crippen molar-refractivity contribution in [2.45, 2.75) is 31.8 Å². The van der Waals surface area contributed by atoms with Crippen LogP contribution in [0.25, 0.3) is 22.3 Å². The predicted molar refractivity (Wildman–Crippen MR) is 130 cm³/mol. The van der Waals surface area contributed by atoms with Crippen molar-refractivity contribution in [3.63, 3.8) is 0 Å². The number of likely N-dealkylation sites (tertiary alicyclic amines) is 1. The molecule has 180 valence electrons. The minimum atomic E-state index is -0.804. The number of rotatable bonds is 5. The lowest BCUT2D eigenvalue weighted by Gasteiger charge is -2.34. The number of benzene rings is 2. The van der Waals surface area contributed by atoms with Gasteiger partial charge >= 0.3 is 6.09 Å². The van der Waals surface area contributed by atoms with E-state index in [0.717, 1.165) is 0 Å². The maximum atomic E-state index is 13.1. The number of likely N-dealkylation sites (N-methyl/N-ethyl adjacent to an activating group) is 1. The summed E-state index contributed by atoms with van der Waals surface area (Å²) in [6, 6.07) is 9.43. The Bertz CT molecular complexity index is 1270. The van der Waals surface area contributed by atoms with Crippen LogP contribution in [0.4, 0.5) is 4.79 Å². The number of phenolic OH excluding ortho intramolecular Hbond substituents is 1. The Labute approximate surface area is 201 Å². The van der Waals surface area contributed by atoms with Crippen molar-refractivity contribution >= 4 is 28.7 Å². The van der Waals surface area contributed by atoms with Crippen molar-refractivity contribution in [1.82, 2.24) is 10.2 Å². The fraction of sp³-hybridized carbons (Fsp3) is 0.360. The van der Waals surface area contributed by atoms with Crippen LogP contribution in [0.1, 0.15) is 31.2 Å². The van der Waals surface area contributed by atoms with E-state index < -0.39 is 23.5 Å². The third-order valence-electron chi connectivity index (χ3n) is 6.00. The molecule has 2 aromatic carbocycles. The summed E-state index contributed by atoms with van der Waals surface area (Å²) in [4.78, 5) is 27.5. The van der Waals surface area contributed by atoms with Crippen LogP contribution in [-0.2, 0) is 0 Å². The number of piperidine rings is 1. The summed E-state index contributed by atoms with van der Waals surface area (Å²) in [7, 11) is 1.90. The summed E-state index contributed by atoms with van der Waals surface area (Å²) in [6.07, 6.45) is -0.255. The van der Waals surface area contributed by atoms with Crippen LogP contribution < -0.4 is 15.5 Å². The SMILES string of the molecule is CCCNC(=O)Oc1cc(O)c2c(=O)cc(-c3ccccc3Cl)oc2c1[C@H]1CCN(C)C[C@H]1O. The van der Waals surface area contributed by atoms with Gasteiger partial charge in [0.25, 0.3) is 0 Å². The molecule has 1 saturated heterocycles. The zero-order chi connectivity index (χ0) is 24.4. The molecule has 1 amide bonds. The van der Waals surface area contributed by atoms with Gasteiger partial charge in [-0.15, -0.1) is 0 Å². The third kappa shape index (κ3) is 4.75. The Hall–Kier alpha value is -3.07. The summed E-state index contributed by atoms with van der Waals surface area (Å²) >= 11 is 6.34. The molecule has 2 atom stereocenters. The molecule has 34 heavy (non-hydrogen) atoms. The minimum Gasteiger partial charge on any atom is -0.507 e. The lowest BCUT2D eigenvalue weighted by molar-refractivity contribution is 0.0630. The zero-order valence-corrected chi connectivity index (χ0v) is 19.8. The number of aliphatic hydroxyl groups is 1. The van der Waals surface area contributed by atoms with E-state index in [1.54, 1.807) is 24.3 Å². The van der Waals surface area contributed by atoms with E-state index >= 15 is 0 Å². The summed E-state index contributed by atoms with van der Waals surface area (Å²) in [6.45, 7) is 3.40. The normalized spacial score (nSPS) is 18.7. The van der Waals surface area contributed by atoms with Gasteiger partial charge in [0.2, 0.25) is 0 Å². The second-order valence-corrected chi connectivity index (χ2v) is 8.91. The quantitative estimate of drug-likeness (QED) is 0.497. The average Bonchev–Trinajstić information content (AvgIpc) is 2.78. The number of ether oxygens (including phenoxy) is 1. The van der Waals surface area contributed by atoms with E-state index in [1.807, 2.05) is 18.9 Å². The Morgan fingerprint density at radius 1 is 1.32 bits per heavy atom. The molecule has 1 aliphatic heterocycles. The molecule has 0 unspecified atom stereocenters. The van der Waals surface area contributed by atoms with Gasteiger partial charge in [-0.05, 0) is 38.6 Å². The number of nitrogens with zero attached hydrogens (tertiary/aromatic N) is 1. The van der Waals surface area contributed by atoms with Gasteiger partial charge in [-0.25, -0.2) is 4.79 Å². The van der Waals surface area contributed by atoms with E-state index in [1.165, 1.54) is 12.1 Å². The molecule has 0 saturated carbocycles. The van der Waals surface area contributed by atoms with Gasteiger partial charge < -0.3 is 29.6 Å². The number of aromatic hydroxyl groups is 1. The number of β-amino-alcohol motifs (C(OH)–C–C–N with tert-alkyl or cyclic N) is 1. The van der Waals surface area contributed by atoms with E-state index in [-0.39, 0.29) is 28.2 Å². The predicted octanol–water partition coefficient (Wildman–Crippen LogP) is 4.10. The summed E-state index contributed by atoms with van der Waals surface area (Å²) in [5, 5.41) is 24.6. The maximum Gasteiger partial charge on any atom is 0.412 e. The number of amides is 1. The van der Waals surface area contributed by atoms with Gasteiger partial charge in [0.1, 0.15) is 28.2 Å². The molecule has 0 spiro atoms. The van der Waals surface area contributed by atoms with Crippen LogP contribution in [0.5, 0.6) is 11.5 Å². The van der Waals surface area contributed by atoms with Gasteiger partial charge in [0.05, 0.1) is 11.1 Å². The second kappa shape index (κ2) is 10.0. The Morgan fingerprint density at radius 3 is 2.79 bits per heavy atom. The lowest BCUT2D eigenvalue weighted by atomic mass is 9.85. The number of nitrogens with one attached hydrogen (secondary N) is 1. The molecule has 0 aliphatic carbocycles. The van der Waals surface area contributed by atoms with Gasteiger partial charge in [-0.1, -0.05) is 30.7 Å². The minimum absolute atomic E-state index is 0.0339. The van der Waals surface area contributed by atoms with Crippen molar-refractivity contribution in [2.24, 2.45) is 0 Å². The fourth-order valence-corrected chi connectivity index (χ4v) is 4.56. The summed E-state index contributed by atoms with van der Waals surface area (Å²) in [5.74, 6) is -0.623. The number of hydrogen-bond acceptors (Lipinski definition) is 7. The molecule has 0 radical (unpaired) electrons. The number of hydrogen-bond donors (Lipinski definition) is 3. The molecule has 9 heteroatoms. The Kier molecular flexibility index (Phi) is 7.11.